The van der Waals surface area contributed by atoms with Crippen LogP contribution in [0.2, 0.25) is 0 Å². The van der Waals surface area contributed by atoms with Gasteiger partial charge in [0.2, 0.25) is 16.9 Å². The van der Waals surface area contributed by atoms with Crippen LogP contribution in [0.5, 0.6) is 0 Å². The Balaban J connectivity index is 1.81. The highest BCUT2D eigenvalue weighted by Gasteiger charge is 2.18. The van der Waals surface area contributed by atoms with E-state index in [1.54, 1.807) is 13.0 Å². The van der Waals surface area contributed by atoms with E-state index >= 15 is 0 Å². The molecule has 0 saturated heterocycles. The molecular weight excluding hydrogens is 382 g/mol. The van der Waals surface area contributed by atoms with Crippen molar-refractivity contribution in [2.45, 2.75) is 30.4 Å². The van der Waals surface area contributed by atoms with Crippen LogP contribution in [0.25, 0.3) is 0 Å². The summed E-state index contributed by atoms with van der Waals surface area (Å²) in [5.41, 5.74) is 2.75. The van der Waals surface area contributed by atoms with Gasteiger partial charge in [-0.15, -0.1) is 16.8 Å². The average molecular weight is 406 g/mol. The van der Waals surface area contributed by atoms with Crippen molar-refractivity contribution in [1.82, 2.24) is 15.5 Å². The summed E-state index contributed by atoms with van der Waals surface area (Å²) >= 11 is 2.67. The summed E-state index contributed by atoms with van der Waals surface area (Å²) in [5.74, 6) is -0.489. The fourth-order valence-corrected chi connectivity index (χ4v) is 4.13. The Labute approximate surface area is 167 Å². The third kappa shape index (κ3) is 6.37. The van der Waals surface area contributed by atoms with Crippen LogP contribution in [-0.4, -0.2) is 40.4 Å². The van der Waals surface area contributed by atoms with Gasteiger partial charge in [0.25, 0.3) is 0 Å². The van der Waals surface area contributed by atoms with Gasteiger partial charge in [0, 0.05) is 12.2 Å². The van der Waals surface area contributed by atoms with Gasteiger partial charge in [-0.1, -0.05) is 47.4 Å². The number of benzene rings is 1. The molecule has 0 radical (unpaired) electrons. The Morgan fingerprint density at radius 2 is 2.00 bits per heavy atom. The van der Waals surface area contributed by atoms with Gasteiger partial charge in [-0.2, -0.15) is 0 Å². The molecule has 0 saturated carbocycles. The monoisotopic (exact) mass is 405 g/mol. The number of aryl methyl sites for hydroxylation is 2. The SMILES string of the molecule is C=CCNc1nnc(S[C@@H](C)C(=O)NCC(=O)Nc2c(C)cccc2C)s1. The minimum atomic E-state index is -0.391. The molecule has 0 aliphatic rings. The topological polar surface area (TPSA) is 96.0 Å². The van der Waals surface area contributed by atoms with Gasteiger partial charge in [0.05, 0.1) is 11.8 Å². The second-order valence-electron chi connectivity index (χ2n) is 5.84. The zero-order valence-corrected chi connectivity index (χ0v) is 17.2. The first-order chi connectivity index (χ1) is 12.9. The van der Waals surface area contributed by atoms with E-state index in [-0.39, 0.29) is 18.4 Å². The summed E-state index contributed by atoms with van der Waals surface area (Å²) < 4.78 is 0.684. The van der Waals surface area contributed by atoms with E-state index < -0.39 is 5.25 Å². The molecule has 2 amide bonds. The van der Waals surface area contributed by atoms with Gasteiger partial charge in [-0.25, -0.2) is 0 Å². The van der Waals surface area contributed by atoms with Crippen molar-refractivity contribution in [3.8, 4) is 0 Å². The summed E-state index contributed by atoms with van der Waals surface area (Å²) in [6, 6.07) is 5.80. The Morgan fingerprint density at radius 3 is 2.67 bits per heavy atom. The first-order valence-electron chi connectivity index (χ1n) is 8.39. The minimum Gasteiger partial charge on any atom is -0.357 e. The van der Waals surface area contributed by atoms with Crippen LogP contribution < -0.4 is 16.0 Å². The summed E-state index contributed by atoms with van der Waals surface area (Å²) in [4.78, 5) is 24.4. The molecule has 9 heteroatoms. The van der Waals surface area contributed by atoms with Crippen LogP contribution in [0.1, 0.15) is 18.1 Å². The molecular formula is C18H23N5O2S2. The number of thioether (sulfide) groups is 1. The number of para-hydroxylation sites is 1. The molecule has 1 atom stereocenters. The first-order valence-corrected chi connectivity index (χ1v) is 10.1. The van der Waals surface area contributed by atoms with Crippen molar-refractivity contribution in [1.29, 1.82) is 0 Å². The molecule has 144 valence electrons. The first kappa shape index (κ1) is 20.9. The third-order valence-electron chi connectivity index (χ3n) is 3.62. The molecule has 7 nitrogen and oxygen atoms in total. The zero-order chi connectivity index (χ0) is 19.8. The quantitative estimate of drug-likeness (QED) is 0.438. The van der Waals surface area contributed by atoms with Crippen LogP contribution in [0, 0.1) is 13.8 Å². The van der Waals surface area contributed by atoms with Gasteiger partial charge in [0.15, 0.2) is 4.34 Å². The molecule has 3 N–H and O–H groups in total. The zero-order valence-electron chi connectivity index (χ0n) is 15.5. The van der Waals surface area contributed by atoms with Gasteiger partial charge in [-0.05, 0) is 31.9 Å². The van der Waals surface area contributed by atoms with E-state index in [0.29, 0.717) is 16.0 Å². The Bertz CT molecular complexity index is 802. The smallest absolute Gasteiger partial charge is 0.243 e. The average Bonchev–Trinajstić information content (AvgIpc) is 3.08. The number of nitrogens with zero attached hydrogens (tertiary/aromatic N) is 2. The lowest BCUT2D eigenvalue weighted by atomic mass is 10.1. The Hall–Kier alpha value is -2.39. The molecule has 0 fully saturated rings. The van der Waals surface area contributed by atoms with Crippen LogP contribution in [-0.2, 0) is 9.59 Å². The summed E-state index contributed by atoms with van der Waals surface area (Å²) in [6.45, 7) is 9.77. The Kier molecular flexibility index (Phi) is 7.81. The van der Waals surface area contributed by atoms with Crippen molar-refractivity contribution >= 4 is 45.7 Å². The van der Waals surface area contributed by atoms with Gasteiger partial charge in [-0.3, -0.25) is 9.59 Å². The predicted octanol–water partition coefficient (Wildman–Crippen LogP) is 2.99. The fourth-order valence-electron chi connectivity index (χ4n) is 2.20. The molecule has 1 heterocycles. The van der Waals surface area contributed by atoms with Gasteiger partial charge in [0.1, 0.15) is 0 Å². The number of amides is 2. The van der Waals surface area contributed by atoms with Crippen molar-refractivity contribution in [3.63, 3.8) is 0 Å². The molecule has 2 rings (SSSR count). The maximum atomic E-state index is 12.2. The lowest BCUT2D eigenvalue weighted by Gasteiger charge is -2.13. The second kappa shape index (κ2) is 10.1. The number of hydrogen-bond acceptors (Lipinski definition) is 7. The molecule has 2 aromatic rings. The standard InChI is InChI=1S/C18H23N5O2S2/c1-5-9-19-17-22-23-18(27-17)26-13(4)16(25)20-10-14(24)21-15-11(2)7-6-8-12(15)3/h5-8,13H,1,9-10H2,2-4H3,(H,19,22)(H,20,25)(H,21,24)/t13-/m0/s1. The number of aromatic nitrogens is 2. The van der Waals surface area contributed by atoms with E-state index in [1.165, 1.54) is 23.1 Å². The van der Waals surface area contributed by atoms with Crippen molar-refractivity contribution < 1.29 is 9.59 Å². The number of nitrogens with one attached hydrogen (secondary N) is 3. The van der Waals surface area contributed by atoms with Crippen molar-refractivity contribution in [3.05, 3.63) is 42.0 Å². The molecule has 0 unspecified atom stereocenters. The van der Waals surface area contributed by atoms with E-state index in [9.17, 15) is 9.59 Å². The van der Waals surface area contributed by atoms with E-state index in [1.807, 2.05) is 32.0 Å². The van der Waals surface area contributed by atoms with Gasteiger partial charge >= 0.3 is 0 Å². The van der Waals surface area contributed by atoms with Crippen LogP contribution in [0.3, 0.4) is 0 Å². The normalized spacial score (nSPS) is 11.5. The van der Waals surface area contributed by atoms with E-state index in [4.69, 9.17) is 0 Å². The van der Waals surface area contributed by atoms with Crippen LogP contribution >= 0.6 is 23.1 Å². The number of rotatable bonds is 9. The number of carbonyl (C=O) groups excluding carboxylic acids is 2. The van der Waals surface area contributed by atoms with E-state index in [0.717, 1.165) is 16.8 Å². The number of hydrogen-bond donors (Lipinski definition) is 3. The maximum absolute atomic E-state index is 12.2. The fraction of sp³-hybridized carbons (Fsp3) is 0.333. The van der Waals surface area contributed by atoms with E-state index in [2.05, 4.69) is 32.7 Å². The highest BCUT2D eigenvalue weighted by atomic mass is 32.2. The molecule has 0 aliphatic heterocycles. The maximum Gasteiger partial charge on any atom is 0.243 e. The lowest BCUT2D eigenvalue weighted by molar-refractivity contribution is -0.123. The van der Waals surface area contributed by atoms with Crippen LogP contribution in [0.15, 0.2) is 35.2 Å². The highest BCUT2D eigenvalue weighted by Crippen LogP contribution is 2.28. The largest absolute Gasteiger partial charge is 0.357 e. The molecule has 0 aliphatic carbocycles. The minimum absolute atomic E-state index is 0.0836. The van der Waals surface area contributed by atoms with Crippen molar-refractivity contribution in [2.75, 3.05) is 23.7 Å². The highest BCUT2D eigenvalue weighted by molar-refractivity contribution is 8.02. The predicted molar refractivity (Wildman–Crippen MR) is 111 cm³/mol. The van der Waals surface area contributed by atoms with Crippen LogP contribution in [0.4, 0.5) is 10.8 Å². The Morgan fingerprint density at radius 1 is 1.30 bits per heavy atom. The van der Waals surface area contributed by atoms with Gasteiger partial charge < -0.3 is 16.0 Å². The number of anilines is 2. The number of carbonyl (C=O) groups is 2. The summed E-state index contributed by atoms with van der Waals surface area (Å²) in [5, 5.41) is 16.9. The lowest BCUT2D eigenvalue weighted by Crippen LogP contribution is -2.37. The molecule has 27 heavy (non-hydrogen) atoms. The third-order valence-corrected chi connectivity index (χ3v) is 5.68. The second-order valence-corrected chi connectivity index (χ2v) is 8.40. The molecule has 1 aromatic heterocycles. The molecule has 0 spiro atoms. The molecule has 0 bridgehead atoms. The molecule has 1 aromatic carbocycles. The summed E-state index contributed by atoms with van der Waals surface area (Å²) in [6.07, 6.45) is 1.73. The van der Waals surface area contributed by atoms with Crippen molar-refractivity contribution in [2.24, 2.45) is 0 Å². The summed E-state index contributed by atoms with van der Waals surface area (Å²) in [7, 11) is 0.